The number of aromatic nitrogens is 1. The molecular weight excluding hydrogens is 409 g/mol. The highest BCUT2D eigenvalue weighted by molar-refractivity contribution is 7.92. The average Bonchev–Trinajstić information content (AvgIpc) is 2.66. The second kappa shape index (κ2) is 7.96. The number of carbonyl (C=O) groups is 1. The molecule has 0 atom stereocenters. The highest BCUT2D eigenvalue weighted by Crippen LogP contribution is 2.27. The molecule has 6 nitrogen and oxygen atoms in total. The molecule has 1 aromatic heterocycles. The third-order valence-corrected chi connectivity index (χ3v) is 5.50. The fourth-order valence-corrected chi connectivity index (χ4v) is 3.57. The predicted octanol–water partition coefficient (Wildman–Crippen LogP) is 4.44. The van der Waals surface area contributed by atoms with Crippen LogP contribution < -0.4 is 10.0 Å². The van der Waals surface area contributed by atoms with Crippen LogP contribution in [-0.4, -0.2) is 19.3 Å². The van der Waals surface area contributed by atoms with E-state index in [1.54, 1.807) is 24.3 Å². The Bertz CT molecular complexity index is 1070. The van der Waals surface area contributed by atoms with E-state index in [1.165, 1.54) is 42.7 Å². The lowest BCUT2D eigenvalue weighted by atomic mass is 10.2. The molecule has 0 spiro atoms. The maximum absolute atomic E-state index is 12.6. The standard InChI is InChI=1S/C18H13Cl2N3O3S/c19-13-1-3-14(4-2-13)23-27(25,26)15-5-6-16(20)17(11-15)22-18(24)12-7-9-21-10-8-12/h1-11,23H,(H,22,24). The van der Waals surface area contributed by atoms with Gasteiger partial charge in [0.25, 0.3) is 15.9 Å². The van der Waals surface area contributed by atoms with E-state index in [0.717, 1.165) is 0 Å². The fraction of sp³-hybridized carbons (Fsp3) is 0. The Balaban J connectivity index is 1.85. The summed E-state index contributed by atoms with van der Waals surface area (Å²) in [6, 6.07) is 13.3. The van der Waals surface area contributed by atoms with Crippen LogP contribution in [0.3, 0.4) is 0 Å². The molecule has 27 heavy (non-hydrogen) atoms. The number of rotatable bonds is 5. The summed E-state index contributed by atoms with van der Waals surface area (Å²) < 4.78 is 27.6. The predicted molar refractivity (Wildman–Crippen MR) is 106 cm³/mol. The number of hydrogen-bond donors (Lipinski definition) is 2. The minimum atomic E-state index is -3.88. The van der Waals surface area contributed by atoms with Gasteiger partial charge >= 0.3 is 0 Å². The number of pyridine rings is 1. The number of nitrogens with one attached hydrogen (secondary N) is 2. The Labute approximate surface area is 166 Å². The summed E-state index contributed by atoms with van der Waals surface area (Å²) >= 11 is 11.9. The van der Waals surface area contributed by atoms with Crippen LogP contribution >= 0.6 is 23.2 Å². The summed E-state index contributed by atoms with van der Waals surface area (Å²) in [6.45, 7) is 0. The highest BCUT2D eigenvalue weighted by atomic mass is 35.5. The summed E-state index contributed by atoms with van der Waals surface area (Å²) in [4.78, 5) is 16.1. The molecule has 9 heteroatoms. The molecule has 1 amide bonds. The van der Waals surface area contributed by atoms with E-state index in [0.29, 0.717) is 16.3 Å². The monoisotopic (exact) mass is 421 g/mol. The molecule has 0 saturated heterocycles. The normalized spacial score (nSPS) is 11.0. The van der Waals surface area contributed by atoms with Gasteiger partial charge < -0.3 is 5.32 Å². The Morgan fingerprint density at radius 2 is 1.59 bits per heavy atom. The van der Waals surface area contributed by atoms with E-state index in [1.807, 2.05) is 0 Å². The highest BCUT2D eigenvalue weighted by Gasteiger charge is 2.17. The van der Waals surface area contributed by atoms with Crippen LogP contribution in [0.1, 0.15) is 10.4 Å². The van der Waals surface area contributed by atoms with E-state index in [4.69, 9.17) is 23.2 Å². The zero-order valence-electron chi connectivity index (χ0n) is 13.7. The largest absolute Gasteiger partial charge is 0.321 e. The minimum absolute atomic E-state index is 0.0492. The van der Waals surface area contributed by atoms with Gasteiger partial charge in [-0.25, -0.2) is 8.42 Å². The molecule has 0 saturated carbocycles. The van der Waals surface area contributed by atoms with Crippen molar-refractivity contribution in [2.24, 2.45) is 0 Å². The SMILES string of the molecule is O=C(Nc1cc(S(=O)(=O)Nc2ccc(Cl)cc2)ccc1Cl)c1ccncc1. The lowest BCUT2D eigenvalue weighted by Crippen LogP contribution is -2.15. The Morgan fingerprint density at radius 3 is 2.26 bits per heavy atom. The number of sulfonamides is 1. The molecule has 2 N–H and O–H groups in total. The van der Waals surface area contributed by atoms with Crippen LogP contribution in [0.5, 0.6) is 0 Å². The summed E-state index contributed by atoms with van der Waals surface area (Å²) in [5, 5.41) is 3.30. The molecule has 3 aromatic rings. The van der Waals surface area contributed by atoms with Gasteiger partial charge in [0.2, 0.25) is 0 Å². The van der Waals surface area contributed by atoms with Crippen LogP contribution in [-0.2, 0) is 10.0 Å². The quantitative estimate of drug-likeness (QED) is 0.636. The van der Waals surface area contributed by atoms with Crippen molar-refractivity contribution in [2.75, 3.05) is 10.0 Å². The molecule has 3 rings (SSSR count). The minimum Gasteiger partial charge on any atom is -0.321 e. The van der Waals surface area contributed by atoms with Crippen molar-refractivity contribution < 1.29 is 13.2 Å². The van der Waals surface area contributed by atoms with Crippen LogP contribution in [0, 0.1) is 0 Å². The molecule has 0 bridgehead atoms. The van der Waals surface area contributed by atoms with Crippen molar-refractivity contribution in [2.45, 2.75) is 4.90 Å². The summed E-state index contributed by atoms with van der Waals surface area (Å²) in [7, 11) is -3.88. The van der Waals surface area contributed by atoms with Crippen molar-refractivity contribution >= 4 is 50.5 Å². The topological polar surface area (TPSA) is 88.2 Å². The number of amides is 1. The molecule has 0 fully saturated rings. The smallest absolute Gasteiger partial charge is 0.261 e. The van der Waals surface area contributed by atoms with Crippen molar-refractivity contribution in [3.8, 4) is 0 Å². The number of benzene rings is 2. The zero-order valence-corrected chi connectivity index (χ0v) is 16.0. The van der Waals surface area contributed by atoms with Crippen molar-refractivity contribution in [1.29, 1.82) is 0 Å². The number of hydrogen-bond acceptors (Lipinski definition) is 4. The fourth-order valence-electron chi connectivity index (χ4n) is 2.20. The van der Waals surface area contributed by atoms with Crippen LogP contribution in [0.2, 0.25) is 10.0 Å². The molecule has 0 radical (unpaired) electrons. The van der Waals surface area contributed by atoms with E-state index < -0.39 is 15.9 Å². The first-order chi connectivity index (χ1) is 12.8. The van der Waals surface area contributed by atoms with Crippen LogP contribution in [0.4, 0.5) is 11.4 Å². The lowest BCUT2D eigenvalue weighted by Gasteiger charge is -2.12. The lowest BCUT2D eigenvalue weighted by molar-refractivity contribution is 0.102. The van der Waals surface area contributed by atoms with Gasteiger partial charge in [-0.05, 0) is 54.6 Å². The first kappa shape index (κ1) is 19.2. The molecule has 0 aliphatic rings. The van der Waals surface area contributed by atoms with Crippen LogP contribution in [0.25, 0.3) is 0 Å². The van der Waals surface area contributed by atoms with Gasteiger partial charge in [0, 0.05) is 28.7 Å². The second-order valence-electron chi connectivity index (χ2n) is 5.44. The second-order valence-corrected chi connectivity index (χ2v) is 7.97. The molecule has 0 unspecified atom stereocenters. The van der Waals surface area contributed by atoms with Crippen molar-refractivity contribution in [3.63, 3.8) is 0 Å². The molecule has 2 aromatic carbocycles. The van der Waals surface area contributed by atoms with Gasteiger partial charge in [0.05, 0.1) is 15.6 Å². The third-order valence-electron chi connectivity index (χ3n) is 3.54. The first-order valence-electron chi connectivity index (χ1n) is 7.64. The van der Waals surface area contributed by atoms with E-state index in [-0.39, 0.29) is 15.6 Å². The van der Waals surface area contributed by atoms with E-state index in [9.17, 15) is 13.2 Å². The number of nitrogens with zero attached hydrogens (tertiary/aromatic N) is 1. The average molecular weight is 422 g/mol. The van der Waals surface area contributed by atoms with Crippen molar-refractivity contribution in [1.82, 2.24) is 4.98 Å². The van der Waals surface area contributed by atoms with Crippen LogP contribution in [0.15, 0.2) is 71.9 Å². The molecule has 0 aliphatic carbocycles. The maximum Gasteiger partial charge on any atom is 0.261 e. The maximum atomic E-state index is 12.6. The Kier molecular flexibility index (Phi) is 5.65. The molecule has 138 valence electrons. The zero-order chi connectivity index (χ0) is 19.4. The van der Waals surface area contributed by atoms with E-state index >= 15 is 0 Å². The van der Waals surface area contributed by atoms with Gasteiger partial charge in [-0.2, -0.15) is 0 Å². The number of anilines is 2. The third kappa shape index (κ3) is 4.77. The van der Waals surface area contributed by atoms with Crippen molar-refractivity contribution in [3.05, 3.63) is 82.6 Å². The van der Waals surface area contributed by atoms with Gasteiger partial charge in [-0.3, -0.25) is 14.5 Å². The van der Waals surface area contributed by atoms with Gasteiger partial charge in [0.1, 0.15) is 0 Å². The molecule has 1 heterocycles. The van der Waals surface area contributed by atoms with Gasteiger partial charge in [-0.15, -0.1) is 0 Å². The first-order valence-corrected chi connectivity index (χ1v) is 9.88. The molecular formula is C18H13Cl2N3O3S. The summed E-state index contributed by atoms with van der Waals surface area (Å²) in [5.74, 6) is -0.431. The van der Waals surface area contributed by atoms with E-state index in [2.05, 4.69) is 15.0 Å². The summed E-state index contributed by atoms with van der Waals surface area (Å²) in [5.41, 5.74) is 0.905. The Morgan fingerprint density at radius 1 is 0.926 bits per heavy atom. The van der Waals surface area contributed by atoms with Gasteiger partial charge in [0.15, 0.2) is 0 Å². The molecule has 0 aliphatic heterocycles. The van der Waals surface area contributed by atoms with Gasteiger partial charge in [-0.1, -0.05) is 23.2 Å². The number of halogens is 2. The summed E-state index contributed by atoms with van der Waals surface area (Å²) in [6.07, 6.45) is 2.96. The Hall–Kier alpha value is -2.61. The number of carbonyl (C=O) groups excluding carboxylic acids is 1.